The first-order valence-electron chi connectivity index (χ1n) is 6.30. The highest BCUT2D eigenvalue weighted by Gasteiger charge is 2.19. The molecule has 0 bridgehead atoms. The van der Waals surface area contributed by atoms with E-state index in [0.717, 1.165) is 11.3 Å². The zero-order valence-electron chi connectivity index (χ0n) is 12.1. The van der Waals surface area contributed by atoms with E-state index in [4.69, 9.17) is 19.9 Å². The Kier molecular flexibility index (Phi) is 4.02. The first-order valence-corrected chi connectivity index (χ1v) is 6.30. The summed E-state index contributed by atoms with van der Waals surface area (Å²) in [6, 6.07) is 5.50. The number of ether oxygens (including phenoxy) is 3. The number of methoxy groups -OCH3 is 2. The first-order chi connectivity index (χ1) is 9.62. The maximum absolute atomic E-state index is 5.83. The van der Waals surface area contributed by atoms with Crippen LogP contribution in [0, 0.1) is 0 Å². The van der Waals surface area contributed by atoms with Gasteiger partial charge in [-0.05, 0) is 19.1 Å². The van der Waals surface area contributed by atoms with Crippen molar-refractivity contribution >= 4 is 5.82 Å². The predicted octanol–water partition coefficient (Wildman–Crippen LogP) is 2.09. The van der Waals surface area contributed by atoms with Crippen molar-refractivity contribution < 1.29 is 14.2 Å². The minimum absolute atomic E-state index is 0.513. The van der Waals surface area contributed by atoms with Gasteiger partial charge in [-0.25, -0.2) is 0 Å². The van der Waals surface area contributed by atoms with Crippen LogP contribution in [-0.4, -0.2) is 30.6 Å². The van der Waals surface area contributed by atoms with Crippen LogP contribution in [0.5, 0.6) is 17.2 Å². The molecule has 0 fully saturated rings. The molecule has 6 heteroatoms. The number of benzene rings is 1. The number of aryl methyl sites for hydroxylation is 1. The summed E-state index contributed by atoms with van der Waals surface area (Å²) >= 11 is 0. The second-order valence-electron chi connectivity index (χ2n) is 4.19. The van der Waals surface area contributed by atoms with E-state index in [1.165, 1.54) is 0 Å². The number of nitrogen functional groups attached to an aromatic ring is 1. The average Bonchev–Trinajstić information content (AvgIpc) is 2.78. The number of rotatable bonds is 5. The lowest BCUT2D eigenvalue weighted by Crippen LogP contribution is -2.00. The molecule has 0 aliphatic carbocycles. The molecule has 1 aromatic carbocycles. The fourth-order valence-corrected chi connectivity index (χ4v) is 2.00. The number of anilines is 1. The molecule has 0 spiro atoms. The van der Waals surface area contributed by atoms with Crippen molar-refractivity contribution in [3.63, 3.8) is 0 Å². The van der Waals surface area contributed by atoms with E-state index in [0.29, 0.717) is 29.7 Å². The summed E-state index contributed by atoms with van der Waals surface area (Å²) in [6.07, 6.45) is 0. The lowest BCUT2D eigenvalue weighted by molar-refractivity contribution is 0.297. The van der Waals surface area contributed by atoms with Crippen molar-refractivity contribution in [1.82, 2.24) is 9.78 Å². The van der Waals surface area contributed by atoms with Crippen molar-refractivity contribution in [3.8, 4) is 28.5 Å². The maximum Gasteiger partial charge on any atom is 0.203 e. The van der Waals surface area contributed by atoms with Crippen LogP contribution in [0.4, 0.5) is 5.82 Å². The van der Waals surface area contributed by atoms with Crippen molar-refractivity contribution in [2.75, 3.05) is 26.6 Å². The number of nitrogens with zero attached hydrogens (tertiary/aromatic N) is 2. The Balaban J connectivity index is 2.62. The van der Waals surface area contributed by atoms with E-state index in [1.54, 1.807) is 32.0 Å². The summed E-state index contributed by atoms with van der Waals surface area (Å²) in [5.74, 6) is 2.35. The van der Waals surface area contributed by atoms with E-state index in [2.05, 4.69) is 5.10 Å². The molecule has 6 nitrogen and oxygen atoms in total. The molecule has 0 atom stereocenters. The quantitative estimate of drug-likeness (QED) is 0.906. The molecule has 0 aliphatic rings. The number of aromatic nitrogens is 2. The fourth-order valence-electron chi connectivity index (χ4n) is 2.00. The lowest BCUT2D eigenvalue weighted by Gasteiger charge is -2.15. The smallest absolute Gasteiger partial charge is 0.203 e. The van der Waals surface area contributed by atoms with Crippen LogP contribution >= 0.6 is 0 Å². The van der Waals surface area contributed by atoms with Gasteiger partial charge in [-0.15, -0.1) is 0 Å². The van der Waals surface area contributed by atoms with E-state index in [-0.39, 0.29) is 0 Å². The largest absolute Gasteiger partial charge is 0.493 e. The molecule has 2 N–H and O–H groups in total. The summed E-state index contributed by atoms with van der Waals surface area (Å²) in [7, 11) is 4.96. The predicted molar refractivity (Wildman–Crippen MR) is 77.3 cm³/mol. The third-order valence-electron chi connectivity index (χ3n) is 2.98. The van der Waals surface area contributed by atoms with Crippen molar-refractivity contribution in [2.45, 2.75) is 6.92 Å². The van der Waals surface area contributed by atoms with Crippen LogP contribution < -0.4 is 19.9 Å². The zero-order valence-corrected chi connectivity index (χ0v) is 12.1. The molecule has 2 rings (SSSR count). The minimum Gasteiger partial charge on any atom is -0.493 e. The van der Waals surface area contributed by atoms with Gasteiger partial charge < -0.3 is 19.9 Å². The Morgan fingerprint density at radius 1 is 1.20 bits per heavy atom. The van der Waals surface area contributed by atoms with Crippen LogP contribution in [-0.2, 0) is 7.05 Å². The average molecular weight is 277 g/mol. The molecule has 2 aromatic rings. The first kappa shape index (κ1) is 14.0. The van der Waals surface area contributed by atoms with Gasteiger partial charge in [0.15, 0.2) is 11.5 Å². The minimum atomic E-state index is 0.513. The lowest BCUT2D eigenvalue weighted by atomic mass is 10.1. The van der Waals surface area contributed by atoms with Crippen LogP contribution in [0.25, 0.3) is 11.3 Å². The van der Waals surface area contributed by atoms with Gasteiger partial charge in [-0.3, -0.25) is 4.68 Å². The van der Waals surface area contributed by atoms with Crippen LogP contribution in [0.2, 0.25) is 0 Å². The molecule has 0 radical (unpaired) electrons. The monoisotopic (exact) mass is 277 g/mol. The highest BCUT2D eigenvalue weighted by molar-refractivity contribution is 5.75. The van der Waals surface area contributed by atoms with E-state index in [1.807, 2.05) is 19.1 Å². The Labute approximate surface area is 118 Å². The second-order valence-corrected chi connectivity index (χ2v) is 4.19. The summed E-state index contributed by atoms with van der Waals surface area (Å²) < 4.78 is 18.0. The fraction of sp³-hybridized carbons (Fsp3) is 0.357. The molecular formula is C14H19N3O3. The summed E-state index contributed by atoms with van der Waals surface area (Å²) in [5.41, 5.74) is 7.38. The van der Waals surface area contributed by atoms with Gasteiger partial charge in [0.2, 0.25) is 5.75 Å². The van der Waals surface area contributed by atoms with Crippen molar-refractivity contribution in [3.05, 3.63) is 18.2 Å². The SMILES string of the molecule is CCOc1c(-c2cc(N)n(C)n2)ccc(OC)c1OC. The molecule has 108 valence electrons. The van der Waals surface area contributed by atoms with E-state index >= 15 is 0 Å². The summed E-state index contributed by atoms with van der Waals surface area (Å²) in [5, 5.41) is 4.37. The Morgan fingerprint density at radius 2 is 1.95 bits per heavy atom. The molecule has 20 heavy (non-hydrogen) atoms. The Hall–Kier alpha value is -2.37. The van der Waals surface area contributed by atoms with Gasteiger partial charge in [0, 0.05) is 18.7 Å². The van der Waals surface area contributed by atoms with E-state index in [9.17, 15) is 0 Å². The molecule has 1 aromatic heterocycles. The second kappa shape index (κ2) is 5.73. The highest BCUT2D eigenvalue weighted by atomic mass is 16.5. The van der Waals surface area contributed by atoms with Crippen molar-refractivity contribution in [2.24, 2.45) is 7.05 Å². The molecule has 0 saturated heterocycles. The van der Waals surface area contributed by atoms with Gasteiger partial charge >= 0.3 is 0 Å². The van der Waals surface area contributed by atoms with Crippen LogP contribution in [0.1, 0.15) is 6.92 Å². The van der Waals surface area contributed by atoms with Gasteiger partial charge in [0.05, 0.1) is 26.5 Å². The topological polar surface area (TPSA) is 71.5 Å². The van der Waals surface area contributed by atoms with Gasteiger partial charge in [0.25, 0.3) is 0 Å². The number of nitrogens with two attached hydrogens (primary N) is 1. The van der Waals surface area contributed by atoms with Gasteiger partial charge in [0.1, 0.15) is 5.82 Å². The molecule has 1 heterocycles. The van der Waals surface area contributed by atoms with Crippen LogP contribution in [0.3, 0.4) is 0 Å². The summed E-state index contributed by atoms with van der Waals surface area (Å²) in [4.78, 5) is 0. The number of hydrogen-bond acceptors (Lipinski definition) is 5. The van der Waals surface area contributed by atoms with Gasteiger partial charge in [-0.1, -0.05) is 0 Å². The molecule has 0 saturated carbocycles. The molecule has 0 amide bonds. The van der Waals surface area contributed by atoms with Gasteiger partial charge in [-0.2, -0.15) is 5.10 Å². The highest BCUT2D eigenvalue weighted by Crippen LogP contribution is 2.44. The third-order valence-corrected chi connectivity index (χ3v) is 2.98. The normalized spacial score (nSPS) is 10.4. The Morgan fingerprint density at radius 3 is 2.45 bits per heavy atom. The zero-order chi connectivity index (χ0) is 14.7. The van der Waals surface area contributed by atoms with Crippen LogP contribution in [0.15, 0.2) is 18.2 Å². The van der Waals surface area contributed by atoms with Crippen molar-refractivity contribution in [1.29, 1.82) is 0 Å². The molecular weight excluding hydrogens is 258 g/mol. The Bertz CT molecular complexity index is 588. The third kappa shape index (κ3) is 2.36. The summed E-state index contributed by atoms with van der Waals surface area (Å²) in [6.45, 7) is 2.42. The standard InChI is InChI=1S/C14H19N3O3/c1-5-20-13-9(10-8-12(15)17(2)16-10)6-7-11(18-3)14(13)19-4/h6-8H,5,15H2,1-4H3. The number of hydrogen-bond donors (Lipinski definition) is 1. The maximum atomic E-state index is 5.83. The van der Waals surface area contributed by atoms with E-state index < -0.39 is 0 Å². The molecule has 0 aliphatic heterocycles. The molecule has 0 unspecified atom stereocenters.